The average molecular weight is 280 g/mol. The largest absolute Gasteiger partial charge is 0.381 e. The minimum Gasteiger partial charge on any atom is -0.381 e. The molecule has 20 heavy (non-hydrogen) atoms. The minimum absolute atomic E-state index is 0.140. The molecule has 0 spiro atoms. The molecule has 2 unspecified atom stereocenters. The normalized spacial score (nSPS) is 32.5. The van der Waals surface area contributed by atoms with Gasteiger partial charge in [-0.05, 0) is 44.9 Å². The number of hydrogen-bond donors (Lipinski definition) is 0. The van der Waals surface area contributed by atoms with Crippen LogP contribution in [-0.4, -0.2) is 60.0 Å². The molecule has 0 saturated carbocycles. The predicted molar refractivity (Wildman–Crippen MR) is 74.1 cm³/mol. The number of rotatable bonds is 2. The van der Waals surface area contributed by atoms with E-state index in [-0.39, 0.29) is 23.9 Å². The van der Waals surface area contributed by atoms with Crippen molar-refractivity contribution in [1.82, 2.24) is 9.80 Å². The number of carbonyl (C=O) groups excluding carboxylic acids is 2. The summed E-state index contributed by atoms with van der Waals surface area (Å²) in [6.45, 7) is 4.92. The van der Waals surface area contributed by atoms with Crippen molar-refractivity contribution in [1.29, 1.82) is 0 Å². The van der Waals surface area contributed by atoms with Gasteiger partial charge < -0.3 is 14.5 Å². The van der Waals surface area contributed by atoms with Crippen LogP contribution < -0.4 is 0 Å². The van der Waals surface area contributed by atoms with Gasteiger partial charge in [-0.2, -0.15) is 0 Å². The minimum atomic E-state index is -0.292. The summed E-state index contributed by atoms with van der Waals surface area (Å²) in [5.74, 6) is 0.794. The Morgan fingerprint density at radius 1 is 1.10 bits per heavy atom. The number of piperidine rings is 1. The number of nitrogens with zero attached hydrogens (tertiary/aromatic N) is 2. The maximum Gasteiger partial charge on any atom is 0.246 e. The molecule has 0 radical (unpaired) electrons. The van der Waals surface area contributed by atoms with E-state index in [4.69, 9.17) is 4.74 Å². The van der Waals surface area contributed by atoms with Gasteiger partial charge in [-0.25, -0.2) is 0 Å². The highest BCUT2D eigenvalue weighted by atomic mass is 16.5. The molecule has 0 aromatic rings. The fourth-order valence-corrected chi connectivity index (χ4v) is 3.66. The summed E-state index contributed by atoms with van der Waals surface area (Å²) in [4.78, 5) is 28.8. The van der Waals surface area contributed by atoms with Crippen LogP contribution >= 0.6 is 0 Å². The van der Waals surface area contributed by atoms with Crippen LogP contribution in [0.15, 0.2) is 0 Å². The molecule has 0 aromatic heterocycles. The van der Waals surface area contributed by atoms with Crippen molar-refractivity contribution in [3.8, 4) is 0 Å². The second-order valence-corrected chi connectivity index (χ2v) is 6.27. The first kappa shape index (κ1) is 13.9. The zero-order valence-corrected chi connectivity index (χ0v) is 12.2. The van der Waals surface area contributed by atoms with E-state index >= 15 is 0 Å². The molecule has 5 nitrogen and oxygen atoms in total. The Bertz CT molecular complexity index is 393. The molecule has 0 N–H and O–H groups in total. The molecular weight excluding hydrogens is 256 g/mol. The number of fused-ring (bicyclic) bond motifs is 1. The van der Waals surface area contributed by atoms with Crippen molar-refractivity contribution >= 4 is 11.8 Å². The quantitative estimate of drug-likeness (QED) is 0.759. The number of carbonyl (C=O) groups is 2. The summed E-state index contributed by atoms with van der Waals surface area (Å²) >= 11 is 0. The van der Waals surface area contributed by atoms with E-state index in [0.29, 0.717) is 5.92 Å². The van der Waals surface area contributed by atoms with Crippen LogP contribution in [-0.2, 0) is 14.3 Å². The van der Waals surface area contributed by atoms with Gasteiger partial charge in [0.2, 0.25) is 11.8 Å². The fraction of sp³-hybridized carbons (Fsp3) is 0.867. The summed E-state index contributed by atoms with van der Waals surface area (Å²) in [5.41, 5.74) is 0. The van der Waals surface area contributed by atoms with Gasteiger partial charge in [0.15, 0.2) is 0 Å². The van der Waals surface area contributed by atoms with E-state index in [1.165, 1.54) is 0 Å². The summed E-state index contributed by atoms with van der Waals surface area (Å²) in [7, 11) is 0. The summed E-state index contributed by atoms with van der Waals surface area (Å²) < 4.78 is 5.37. The molecule has 0 aliphatic carbocycles. The van der Waals surface area contributed by atoms with Crippen molar-refractivity contribution in [3.05, 3.63) is 0 Å². The zero-order chi connectivity index (χ0) is 14.1. The zero-order valence-electron chi connectivity index (χ0n) is 12.2. The van der Waals surface area contributed by atoms with Gasteiger partial charge in [0.1, 0.15) is 12.1 Å². The number of hydrogen-bond acceptors (Lipinski definition) is 3. The van der Waals surface area contributed by atoms with E-state index < -0.39 is 0 Å². The third-order valence-electron chi connectivity index (χ3n) is 4.97. The van der Waals surface area contributed by atoms with Crippen molar-refractivity contribution in [3.63, 3.8) is 0 Å². The van der Waals surface area contributed by atoms with Gasteiger partial charge in [-0.15, -0.1) is 0 Å². The average Bonchev–Trinajstić information content (AvgIpc) is 2.50. The van der Waals surface area contributed by atoms with Crippen LogP contribution in [0.5, 0.6) is 0 Å². The Morgan fingerprint density at radius 2 is 1.85 bits per heavy atom. The second-order valence-electron chi connectivity index (χ2n) is 6.27. The molecule has 3 fully saturated rings. The molecule has 0 aromatic carbocycles. The molecule has 2 atom stereocenters. The molecular formula is C15H24N2O3. The van der Waals surface area contributed by atoms with Crippen LogP contribution in [0, 0.1) is 5.92 Å². The van der Waals surface area contributed by atoms with Crippen LogP contribution in [0.4, 0.5) is 0 Å². The Balaban J connectivity index is 1.72. The molecule has 3 aliphatic rings. The number of ether oxygens (including phenoxy) is 1. The first-order valence-corrected chi connectivity index (χ1v) is 7.87. The second kappa shape index (κ2) is 5.72. The Kier molecular flexibility index (Phi) is 3.96. The van der Waals surface area contributed by atoms with E-state index in [1.807, 2.05) is 16.7 Å². The lowest BCUT2D eigenvalue weighted by molar-refractivity contribution is -0.164. The topological polar surface area (TPSA) is 49.9 Å². The molecule has 2 amide bonds. The van der Waals surface area contributed by atoms with E-state index in [9.17, 15) is 9.59 Å². The van der Waals surface area contributed by atoms with Gasteiger partial charge in [-0.3, -0.25) is 9.59 Å². The highest BCUT2D eigenvalue weighted by Crippen LogP contribution is 2.28. The number of amides is 2. The predicted octanol–water partition coefficient (Wildman–Crippen LogP) is 1.02. The molecule has 3 heterocycles. The van der Waals surface area contributed by atoms with Gasteiger partial charge in [-0.1, -0.05) is 0 Å². The van der Waals surface area contributed by atoms with Crippen LogP contribution in [0.2, 0.25) is 0 Å². The van der Waals surface area contributed by atoms with E-state index in [0.717, 1.165) is 58.4 Å². The summed E-state index contributed by atoms with van der Waals surface area (Å²) in [5, 5.41) is 0. The molecule has 3 saturated heterocycles. The van der Waals surface area contributed by atoms with Gasteiger partial charge >= 0.3 is 0 Å². The summed E-state index contributed by atoms with van der Waals surface area (Å²) in [6.07, 6.45) is 4.92. The lowest BCUT2D eigenvalue weighted by Crippen LogP contribution is -2.65. The highest BCUT2D eigenvalue weighted by molar-refractivity contribution is 5.96. The van der Waals surface area contributed by atoms with E-state index in [1.54, 1.807) is 0 Å². The van der Waals surface area contributed by atoms with Gasteiger partial charge in [0.25, 0.3) is 0 Å². The Labute approximate surface area is 120 Å². The lowest BCUT2D eigenvalue weighted by atomic mass is 9.93. The first-order chi connectivity index (χ1) is 9.68. The van der Waals surface area contributed by atoms with E-state index in [2.05, 4.69) is 0 Å². The maximum absolute atomic E-state index is 12.7. The Morgan fingerprint density at radius 3 is 2.60 bits per heavy atom. The first-order valence-electron chi connectivity index (χ1n) is 7.87. The molecule has 0 bridgehead atoms. The molecule has 3 aliphatic heterocycles. The third-order valence-corrected chi connectivity index (χ3v) is 4.97. The van der Waals surface area contributed by atoms with Crippen LogP contribution in [0.3, 0.4) is 0 Å². The van der Waals surface area contributed by atoms with Crippen molar-refractivity contribution in [2.45, 2.75) is 51.1 Å². The standard InChI is InChI=1S/C15H24N2O3/c1-11-14(18)16-7-3-2-4-13(16)15(19)17(11)10-12-5-8-20-9-6-12/h11-13H,2-10H2,1H3. The van der Waals surface area contributed by atoms with Crippen molar-refractivity contribution < 1.29 is 14.3 Å². The summed E-state index contributed by atoms with van der Waals surface area (Å²) in [6, 6.07) is -0.480. The van der Waals surface area contributed by atoms with Gasteiger partial charge in [0.05, 0.1) is 0 Å². The maximum atomic E-state index is 12.7. The molecule has 5 heteroatoms. The monoisotopic (exact) mass is 280 g/mol. The number of piperazine rings is 1. The highest BCUT2D eigenvalue weighted by Gasteiger charge is 2.45. The van der Waals surface area contributed by atoms with Crippen molar-refractivity contribution in [2.75, 3.05) is 26.3 Å². The van der Waals surface area contributed by atoms with Crippen LogP contribution in [0.1, 0.15) is 39.0 Å². The third kappa shape index (κ3) is 2.43. The SMILES string of the molecule is CC1C(=O)N2CCCCC2C(=O)N1CC1CCOCC1. The molecule has 3 rings (SSSR count). The lowest BCUT2D eigenvalue weighted by Gasteiger charge is -2.47. The van der Waals surface area contributed by atoms with Gasteiger partial charge in [0, 0.05) is 26.3 Å². The smallest absolute Gasteiger partial charge is 0.246 e. The molecule has 112 valence electrons. The Hall–Kier alpha value is -1.10. The van der Waals surface area contributed by atoms with Crippen molar-refractivity contribution in [2.24, 2.45) is 5.92 Å². The fourth-order valence-electron chi connectivity index (χ4n) is 3.66. The van der Waals surface area contributed by atoms with Crippen LogP contribution in [0.25, 0.3) is 0 Å².